The number of rotatable bonds is 0. The molecular formula is C12H26N2O2Zr. The molecule has 0 aromatic carbocycles. The van der Waals surface area contributed by atoms with Crippen LogP contribution in [0.1, 0.15) is 25.7 Å². The van der Waals surface area contributed by atoms with Crippen molar-refractivity contribution in [2.45, 2.75) is 25.7 Å². The second-order valence-corrected chi connectivity index (χ2v) is 3.25. The fraction of sp³-hybridized carbons (Fsp3) is 0.833. The van der Waals surface area contributed by atoms with Crippen LogP contribution >= 0.6 is 0 Å². The molecule has 0 aromatic rings. The van der Waals surface area contributed by atoms with Gasteiger partial charge >= 0.3 is 26.2 Å². The maximum atomic E-state index is 4.82. The van der Waals surface area contributed by atoms with Gasteiger partial charge in [0.2, 0.25) is 0 Å². The molecule has 0 aromatic heterocycles. The maximum Gasteiger partial charge on any atom is 4.00 e. The molecule has 17 heavy (non-hydrogen) atoms. The molecule has 0 unspecified atom stereocenters. The van der Waals surface area contributed by atoms with Crippen LogP contribution in [-0.4, -0.2) is 41.4 Å². The van der Waals surface area contributed by atoms with E-state index in [-0.39, 0.29) is 26.2 Å². The normalized spacial score (nSPS) is 16.2. The van der Waals surface area contributed by atoms with Crippen LogP contribution in [0.4, 0.5) is 0 Å². The minimum absolute atomic E-state index is 0. The average Bonchev–Trinajstić information content (AvgIpc) is 3.00. The predicted molar refractivity (Wildman–Crippen MR) is 69.4 cm³/mol. The van der Waals surface area contributed by atoms with Crippen molar-refractivity contribution in [2.75, 3.05) is 41.4 Å². The predicted octanol–water partition coefficient (Wildman–Crippen LogP) is 3.15. The summed E-state index contributed by atoms with van der Waals surface area (Å²) in [5.41, 5.74) is 0. The molecule has 0 bridgehead atoms. The van der Waals surface area contributed by atoms with E-state index in [4.69, 9.17) is 9.47 Å². The largest absolute Gasteiger partial charge is 4.00 e. The van der Waals surface area contributed by atoms with Crippen LogP contribution in [0.3, 0.4) is 0 Å². The monoisotopic (exact) mass is 320 g/mol. The van der Waals surface area contributed by atoms with Crippen LogP contribution in [0.15, 0.2) is 0 Å². The van der Waals surface area contributed by atoms with Crippen molar-refractivity contribution in [1.29, 1.82) is 0 Å². The Morgan fingerprint density at radius 1 is 0.765 bits per heavy atom. The molecule has 2 aliphatic rings. The minimum Gasteiger partial charge on any atom is -0.668 e. The van der Waals surface area contributed by atoms with Gasteiger partial charge in [-0.1, -0.05) is 12.8 Å². The van der Waals surface area contributed by atoms with E-state index in [2.05, 4.69) is 10.6 Å². The smallest absolute Gasteiger partial charge is 0.668 e. The quantitative estimate of drug-likeness (QED) is 0.643. The molecule has 2 fully saturated rings. The summed E-state index contributed by atoms with van der Waals surface area (Å²) in [4.78, 5) is 0. The molecule has 2 heterocycles. The molecule has 0 N–H and O–H groups in total. The standard InChI is InChI=1S/2C4H7O.2C2H6N.Zr/c2*1-2-4-5-3-1;2*1-3-2;/h2*3H,1-2,4H2;2*1-2H3;/q4*-1;+4. The van der Waals surface area contributed by atoms with E-state index in [1.807, 2.05) is 13.2 Å². The summed E-state index contributed by atoms with van der Waals surface area (Å²) in [6.07, 6.45) is 4.75. The summed E-state index contributed by atoms with van der Waals surface area (Å²) < 4.78 is 9.64. The maximum absolute atomic E-state index is 4.82. The Kier molecular flexibility index (Phi) is 34.4. The molecule has 0 spiro atoms. The summed E-state index contributed by atoms with van der Waals surface area (Å²) in [5.74, 6) is 0. The number of hydrogen-bond donors (Lipinski definition) is 0. The van der Waals surface area contributed by atoms with E-state index in [0.29, 0.717) is 0 Å². The molecule has 5 heteroatoms. The van der Waals surface area contributed by atoms with Gasteiger partial charge in [0.1, 0.15) is 0 Å². The summed E-state index contributed by atoms with van der Waals surface area (Å²) in [6, 6.07) is 0. The van der Waals surface area contributed by atoms with E-state index >= 15 is 0 Å². The van der Waals surface area contributed by atoms with Gasteiger partial charge in [-0.15, -0.1) is 0 Å². The van der Waals surface area contributed by atoms with Crippen molar-refractivity contribution in [1.82, 2.24) is 0 Å². The van der Waals surface area contributed by atoms with Gasteiger partial charge in [0, 0.05) is 13.2 Å². The zero-order chi connectivity index (χ0) is 12.5. The second kappa shape index (κ2) is 25.5. The van der Waals surface area contributed by atoms with Crippen molar-refractivity contribution >= 4 is 0 Å². The summed E-state index contributed by atoms with van der Waals surface area (Å²) in [5, 5.41) is 7.00. The van der Waals surface area contributed by atoms with Gasteiger partial charge in [-0.2, -0.15) is 41.0 Å². The number of nitrogens with zero attached hydrogens (tertiary/aromatic N) is 2. The van der Waals surface area contributed by atoms with Gasteiger partial charge in [-0.05, 0) is 0 Å². The first-order valence-corrected chi connectivity index (χ1v) is 5.65. The molecule has 0 amide bonds. The Morgan fingerprint density at radius 3 is 1.12 bits per heavy atom. The SMILES string of the molecule is C[N-]C.C[N-]C.[CH-]1CCCO1.[CH-]1CCCO1.[Zr+4]. The molecule has 0 radical (unpaired) electrons. The third-order valence-corrected chi connectivity index (χ3v) is 1.40. The van der Waals surface area contributed by atoms with Crippen molar-refractivity contribution in [3.8, 4) is 0 Å². The molecule has 100 valence electrons. The minimum atomic E-state index is 0. The fourth-order valence-electron chi connectivity index (χ4n) is 0.833. The number of hydrogen-bond acceptors (Lipinski definition) is 2. The Bertz CT molecular complexity index is 73.3. The topological polar surface area (TPSA) is 46.7 Å². The van der Waals surface area contributed by atoms with Crippen molar-refractivity contribution in [2.24, 2.45) is 0 Å². The van der Waals surface area contributed by atoms with Crippen LogP contribution in [-0.2, 0) is 35.7 Å². The first kappa shape index (κ1) is 22.9. The van der Waals surface area contributed by atoms with Gasteiger partial charge in [0.25, 0.3) is 0 Å². The Labute approximate surface area is 126 Å². The molecule has 2 saturated heterocycles. The average molecular weight is 322 g/mol. The Morgan fingerprint density at radius 2 is 1.06 bits per heavy atom. The second-order valence-electron chi connectivity index (χ2n) is 3.25. The third kappa shape index (κ3) is 31.5. The van der Waals surface area contributed by atoms with Crippen LogP contribution in [0.5, 0.6) is 0 Å². The zero-order valence-electron chi connectivity index (χ0n) is 11.6. The van der Waals surface area contributed by atoms with Gasteiger partial charge in [0.15, 0.2) is 0 Å². The van der Waals surface area contributed by atoms with E-state index in [0.717, 1.165) is 26.1 Å². The molecule has 2 aliphatic heterocycles. The van der Waals surface area contributed by atoms with Crippen LogP contribution in [0.25, 0.3) is 10.6 Å². The Hall–Kier alpha value is 0.723. The number of ether oxygens (including phenoxy) is 2. The van der Waals surface area contributed by atoms with Gasteiger partial charge in [0.05, 0.1) is 0 Å². The van der Waals surface area contributed by atoms with Crippen LogP contribution in [0, 0.1) is 13.2 Å². The first-order chi connectivity index (χ1) is 7.83. The zero-order valence-corrected chi connectivity index (χ0v) is 14.1. The van der Waals surface area contributed by atoms with Crippen molar-refractivity contribution in [3.05, 3.63) is 23.8 Å². The molecule has 2 rings (SSSR count). The fourth-order valence-corrected chi connectivity index (χ4v) is 0.833. The van der Waals surface area contributed by atoms with E-state index in [9.17, 15) is 0 Å². The van der Waals surface area contributed by atoms with Crippen LogP contribution in [0.2, 0.25) is 0 Å². The molecule has 0 aliphatic carbocycles. The molecular weight excluding hydrogens is 295 g/mol. The third-order valence-electron chi connectivity index (χ3n) is 1.40. The van der Waals surface area contributed by atoms with Crippen molar-refractivity contribution in [3.63, 3.8) is 0 Å². The van der Waals surface area contributed by atoms with Gasteiger partial charge in [-0.25, -0.2) is 13.2 Å². The van der Waals surface area contributed by atoms with Crippen LogP contribution < -0.4 is 0 Å². The molecule has 0 saturated carbocycles. The summed E-state index contributed by atoms with van der Waals surface area (Å²) in [6.45, 7) is 5.61. The van der Waals surface area contributed by atoms with Gasteiger partial charge in [-0.3, -0.25) is 0 Å². The van der Waals surface area contributed by atoms with Crippen molar-refractivity contribution < 1.29 is 35.7 Å². The summed E-state index contributed by atoms with van der Waals surface area (Å²) >= 11 is 0. The van der Waals surface area contributed by atoms with E-state index in [1.54, 1.807) is 28.2 Å². The first-order valence-electron chi connectivity index (χ1n) is 5.65. The molecule has 4 nitrogen and oxygen atoms in total. The molecule has 0 atom stereocenters. The van der Waals surface area contributed by atoms with E-state index in [1.165, 1.54) is 12.8 Å². The summed E-state index contributed by atoms with van der Waals surface area (Å²) in [7, 11) is 7.00. The Balaban J connectivity index is -0.000000157. The van der Waals surface area contributed by atoms with E-state index < -0.39 is 0 Å². The van der Waals surface area contributed by atoms with Gasteiger partial charge < -0.3 is 20.1 Å².